The van der Waals surface area contributed by atoms with Crippen molar-refractivity contribution in [2.45, 2.75) is 6.92 Å². The number of nitrogens with zero attached hydrogens (tertiary/aromatic N) is 4. The summed E-state index contributed by atoms with van der Waals surface area (Å²) >= 11 is 1.48. The first-order chi connectivity index (χ1) is 14.7. The van der Waals surface area contributed by atoms with Gasteiger partial charge in [0.05, 0.1) is 53.5 Å². The number of rotatable bonds is 4. The summed E-state index contributed by atoms with van der Waals surface area (Å²) in [7, 11) is 0. The van der Waals surface area contributed by atoms with Gasteiger partial charge in [-0.3, -0.25) is 14.9 Å². The molecule has 0 saturated carbocycles. The monoisotopic (exact) mass is 419 g/mol. The van der Waals surface area contributed by atoms with Crippen LogP contribution in [0.5, 0.6) is 0 Å². The summed E-state index contributed by atoms with van der Waals surface area (Å²) in [4.78, 5) is 18.1. The number of fused-ring (bicyclic) bond motifs is 1. The Hall–Kier alpha value is -3.23. The van der Waals surface area contributed by atoms with Crippen LogP contribution < -0.4 is 5.56 Å². The van der Waals surface area contributed by atoms with Gasteiger partial charge < -0.3 is 4.74 Å². The third-order valence-corrected chi connectivity index (χ3v) is 6.09. The molecule has 152 valence electrons. The minimum Gasteiger partial charge on any atom is -0.378 e. The average molecular weight is 420 g/mol. The molecule has 1 N–H and O–H groups in total. The standard InChI is InChI=1S/C22H21N5O2S/c1-15(24-26-11-13-29-14-12-26)19-20(16-7-3-2-4-8-16)25-27(21(19)28)22-23-17-9-5-6-10-18(17)30-22/h2-10,25H,11-14H2,1H3/b24-15+. The van der Waals surface area contributed by atoms with E-state index >= 15 is 0 Å². The minimum atomic E-state index is -0.151. The largest absolute Gasteiger partial charge is 0.378 e. The van der Waals surface area contributed by atoms with Crippen LogP contribution in [0.1, 0.15) is 12.5 Å². The topological polar surface area (TPSA) is 75.5 Å². The van der Waals surface area contributed by atoms with E-state index in [1.165, 1.54) is 16.0 Å². The quantitative estimate of drug-likeness (QED) is 0.514. The van der Waals surface area contributed by atoms with Gasteiger partial charge in [0, 0.05) is 5.56 Å². The van der Waals surface area contributed by atoms with Gasteiger partial charge in [0.25, 0.3) is 5.56 Å². The van der Waals surface area contributed by atoms with Crippen molar-refractivity contribution in [3.8, 4) is 16.4 Å². The summed E-state index contributed by atoms with van der Waals surface area (Å²) in [5, 5.41) is 10.6. The summed E-state index contributed by atoms with van der Waals surface area (Å²) < 4.78 is 7.97. The third kappa shape index (κ3) is 3.44. The molecule has 0 spiro atoms. The second-order valence-electron chi connectivity index (χ2n) is 7.08. The summed E-state index contributed by atoms with van der Waals surface area (Å²) in [6.07, 6.45) is 0. The van der Waals surface area contributed by atoms with Crippen LogP contribution in [0, 0.1) is 0 Å². The predicted molar refractivity (Wildman–Crippen MR) is 120 cm³/mol. The molecule has 30 heavy (non-hydrogen) atoms. The van der Waals surface area contributed by atoms with E-state index in [1.807, 2.05) is 66.5 Å². The predicted octanol–water partition coefficient (Wildman–Crippen LogP) is 3.50. The Morgan fingerprint density at radius 1 is 1.10 bits per heavy atom. The highest BCUT2D eigenvalue weighted by Gasteiger charge is 2.22. The Balaban J connectivity index is 1.66. The van der Waals surface area contributed by atoms with Gasteiger partial charge in [-0.1, -0.05) is 53.8 Å². The lowest BCUT2D eigenvalue weighted by atomic mass is 10.1. The fourth-order valence-electron chi connectivity index (χ4n) is 3.59. The van der Waals surface area contributed by atoms with Crippen molar-refractivity contribution in [1.82, 2.24) is 19.8 Å². The molecule has 1 saturated heterocycles. The van der Waals surface area contributed by atoms with Crippen molar-refractivity contribution in [3.63, 3.8) is 0 Å². The molecule has 3 heterocycles. The van der Waals surface area contributed by atoms with Crippen molar-refractivity contribution in [1.29, 1.82) is 0 Å². The molecule has 5 rings (SSSR count). The number of benzene rings is 2. The lowest BCUT2D eigenvalue weighted by molar-refractivity contribution is 0.0393. The average Bonchev–Trinajstić information content (AvgIpc) is 3.36. The van der Waals surface area contributed by atoms with E-state index in [0.29, 0.717) is 42.7 Å². The molecule has 1 aliphatic heterocycles. The maximum Gasteiger partial charge on any atom is 0.283 e. The van der Waals surface area contributed by atoms with Gasteiger partial charge in [-0.15, -0.1) is 0 Å². The first kappa shape index (κ1) is 18.8. The SMILES string of the molecule is C/C(=N\N1CCOCC1)c1c(-c2ccccc2)[nH]n(-c2nc3ccccc3s2)c1=O. The number of aromatic nitrogens is 3. The molecular formula is C22H21N5O2S. The van der Waals surface area contributed by atoms with Crippen LogP contribution in [-0.2, 0) is 4.74 Å². The fourth-order valence-corrected chi connectivity index (χ4v) is 4.52. The van der Waals surface area contributed by atoms with Gasteiger partial charge in [0.2, 0.25) is 5.13 Å². The molecule has 1 fully saturated rings. The lowest BCUT2D eigenvalue weighted by Gasteiger charge is -2.24. The number of nitrogens with one attached hydrogen (secondary N) is 1. The van der Waals surface area contributed by atoms with Gasteiger partial charge in [-0.05, 0) is 19.1 Å². The number of aromatic amines is 1. The highest BCUT2D eigenvalue weighted by atomic mass is 32.1. The molecule has 0 bridgehead atoms. The Kier molecular flexibility index (Phi) is 4.94. The van der Waals surface area contributed by atoms with Gasteiger partial charge in [0.1, 0.15) is 0 Å². The molecule has 0 atom stereocenters. The van der Waals surface area contributed by atoms with Gasteiger partial charge in [-0.25, -0.2) is 4.98 Å². The lowest BCUT2D eigenvalue weighted by Crippen LogP contribution is -2.33. The molecule has 1 aliphatic rings. The molecule has 8 heteroatoms. The number of morpholine rings is 1. The molecule has 4 aromatic rings. The fraction of sp³-hybridized carbons (Fsp3) is 0.227. The zero-order chi connectivity index (χ0) is 20.5. The van der Waals surface area contributed by atoms with Crippen LogP contribution in [0.2, 0.25) is 0 Å². The Morgan fingerprint density at radius 2 is 1.83 bits per heavy atom. The number of hydrogen-bond acceptors (Lipinski definition) is 6. The first-order valence-corrected chi connectivity index (χ1v) is 10.7. The molecular weight excluding hydrogens is 398 g/mol. The smallest absolute Gasteiger partial charge is 0.283 e. The maximum atomic E-state index is 13.5. The zero-order valence-electron chi connectivity index (χ0n) is 16.5. The van der Waals surface area contributed by atoms with E-state index in [9.17, 15) is 4.79 Å². The Bertz CT molecular complexity index is 1230. The van der Waals surface area contributed by atoms with E-state index in [2.05, 4.69) is 10.1 Å². The van der Waals surface area contributed by atoms with Gasteiger partial charge in [0.15, 0.2) is 0 Å². The van der Waals surface area contributed by atoms with Gasteiger partial charge >= 0.3 is 0 Å². The Labute approximate surface area is 177 Å². The van der Waals surface area contributed by atoms with Gasteiger partial charge in [-0.2, -0.15) is 9.78 Å². The van der Waals surface area contributed by atoms with E-state index < -0.39 is 0 Å². The molecule has 0 radical (unpaired) electrons. The summed E-state index contributed by atoms with van der Waals surface area (Å²) in [5.74, 6) is 0. The van der Waals surface area contributed by atoms with Crippen molar-refractivity contribution in [2.24, 2.45) is 5.10 Å². The van der Waals surface area contributed by atoms with Crippen LogP contribution in [-0.4, -0.2) is 51.8 Å². The van der Waals surface area contributed by atoms with Crippen molar-refractivity contribution < 1.29 is 4.74 Å². The number of ether oxygens (including phenoxy) is 1. The number of hydrogen-bond donors (Lipinski definition) is 1. The van der Waals surface area contributed by atoms with Crippen LogP contribution in [0.15, 0.2) is 64.5 Å². The molecule has 2 aromatic carbocycles. The number of para-hydroxylation sites is 1. The number of H-pyrrole nitrogens is 1. The van der Waals surface area contributed by atoms with Crippen LogP contribution in [0.3, 0.4) is 0 Å². The van der Waals surface area contributed by atoms with E-state index in [-0.39, 0.29) is 5.56 Å². The molecule has 0 amide bonds. The Morgan fingerprint density at radius 3 is 2.60 bits per heavy atom. The van der Waals surface area contributed by atoms with Crippen molar-refractivity contribution in [3.05, 3.63) is 70.5 Å². The molecule has 2 aromatic heterocycles. The second-order valence-corrected chi connectivity index (χ2v) is 8.09. The summed E-state index contributed by atoms with van der Waals surface area (Å²) in [6.45, 7) is 4.61. The highest BCUT2D eigenvalue weighted by molar-refractivity contribution is 7.20. The van der Waals surface area contributed by atoms with E-state index in [0.717, 1.165) is 21.5 Å². The zero-order valence-corrected chi connectivity index (χ0v) is 17.4. The van der Waals surface area contributed by atoms with Crippen LogP contribution in [0.25, 0.3) is 26.6 Å². The minimum absolute atomic E-state index is 0.151. The number of thiazole rings is 1. The molecule has 7 nitrogen and oxygen atoms in total. The van der Waals surface area contributed by atoms with E-state index in [4.69, 9.17) is 9.84 Å². The van der Waals surface area contributed by atoms with Crippen LogP contribution >= 0.6 is 11.3 Å². The summed E-state index contributed by atoms with van der Waals surface area (Å²) in [6, 6.07) is 17.7. The number of hydrazone groups is 1. The molecule has 0 unspecified atom stereocenters. The highest BCUT2D eigenvalue weighted by Crippen LogP contribution is 2.26. The summed E-state index contributed by atoms with van der Waals surface area (Å²) in [5.41, 5.74) is 3.64. The normalized spacial score (nSPS) is 15.1. The maximum absolute atomic E-state index is 13.5. The van der Waals surface area contributed by atoms with E-state index in [1.54, 1.807) is 0 Å². The van der Waals surface area contributed by atoms with Crippen LogP contribution in [0.4, 0.5) is 0 Å². The van der Waals surface area contributed by atoms with Crippen molar-refractivity contribution >= 4 is 27.3 Å². The second kappa shape index (κ2) is 7.89. The first-order valence-electron chi connectivity index (χ1n) is 9.85. The molecule has 0 aliphatic carbocycles. The van der Waals surface area contributed by atoms with Crippen molar-refractivity contribution in [2.75, 3.05) is 26.3 Å². The third-order valence-electron chi connectivity index (χ3n) is 5.07.